The van der Waals surface area contributed by atoms with Crippen LogP contribution in [0.1, 0.15) is 114 Å². The zero-order valence-corrected chi connectivity index (χ0v) is 24.0. The van der Waals surface area contributed by atoms with Gasteiger partial charge in [-0.2, -0.15) is 0 Å². The van der Waals surface area contributed by atoms with Crippen LogP contribution in [0.4, 0.5) is 11.4 Å². The second-order valence-corrected chi connectivity index (χ2v) is 10.3. The van der Waals surface area contributed by atoms with Gasteiger partial charge >= 0.3 is 0 Å². The Bertz CT molecular complexity index is 883. The molecule has 0 atom stereocenters. The van der Waals surface area contributed by atoms with Crippen molar-refractivity contribution in [1.29, 1.82) is 0 Å². The van der Waals surface area contributed by atoms with Crippen LogP contribution in [0.3, 0.4) is 0 Å². The lowest BCUT2D eigenvalue weighted by Gasteiger charge is -2.21. The highest BCUT2D eigenvalue weighted by atomic mass is 16.2. The van der Waals surface area contributed by atoms with E-state index in [9.17, 15) is 9.59 Å². The number of hydrogen-bond donors (Lipinski definition) is 2. The summed E-state index contributed by atoms with van der Waals surface area (Å²) in [7, 11) is 0. The van der Waals surface area contributed by atoms with Crippen LogP contribution < -0.4 is 15.5 Å². The van der Waals surface area contributed by atoms with E-state index >= 15 is 0 Å². The van der Waals surface area contributed by atoms with Gasteiger partial charge in [0.1, 0.15) is 0 Å². The van der Waals surface area contributed by atoms with Crippen LogP contribution in [0, 0.1) is 0 Å². The predicted molar refractivity (Wildman–Crippen MR) is 162 cm³/mol. The Morgan fingerprint density at radius 3 is 1.71 bits per heavy atom. The summed E-state index contributed by atoms with van der Waals surface area (Å²) in [6.45, 7) is 5.81. The quantitative estimate of drug-likeness (QED) is 0.162. The Balaban J connectivity index is 1.49. The molecule has 0 spiro atoms. The van der Waals surface area contributed by atoms with Crippen molar-refractivity contribution in [2.75, 3.05) is 29.9 Å². The molecule has 2 aromatic rings. The fraction of sp³-hybridized carbons (Fsp3) is 0.576. The van der Waals surface area contributed by atoms with Gasteiger partial charge in [-0.05, 0) is 49.7 Å². The van der Waals surface area contributed by atoms with Crippen molar-refractivity contribution in [2.24, 2.45) is 0 Å². The van der Waals surface area contributed by atoms with E-state index in [1.165, 1.54) is 83.5 Å². The predicted octanol–water partition coefficient (Wildman–Crippen LogP) is 8.36. The number of nitrogens with one attached hydrogen (secondary N) is 2. The Morgan fingerprint density at radius 1 is 0.658 bits per heavy atom. The van der Waals surface area contributed by atoms with E-state index in [-0.39, 0.29) is 18.4 Å². The van der Waals surface area contributed by atoms with Crippen LogP contribution in [0.15, 0.2) is 54.6 Å². The molecule has 210 valence electrons. The Labute approximate surface area is 231 Å². The molecule has 0 radical (unpaired) electrons. The number of anilines is 2. The van der Waals surface area contributed by atoms with Gasteiger partial charge in [0, 0.05) is 30.0 Å². The van der Waals surface area contributed by atoms with Gasteiger partial charge in [-0.1, -0.05) is 109 Å². The molecule has 0 aliphatic heterocycles. The Morgan fingerprint density at radius 2 is 1.18 bits per heavy atom. The van der Waals surface area contributed by atoms with E-state index < -0.39 is 0 Å². The van der Waals surface area contributed by atoms with Gasteiger partial charge in [-0.25, -0.2) is 0 Å². The van der Waals surface area contributed by atoms with Crippen molar-refractivity contribution in [3.63, 3.8) is 0 Å². The fourth-order valence-corrected chi connectivity index (χ4v) is 4.73. The van der Waals surface area contributed by atoms with Crippen molar-refractivity contribution in [2.45, 2.75) is 104 Å². The monoisotopic (exact) mass is 521 g/mol. The van der Waals surface area contributed by atoms with E-state index in [1.807, 2.05) is 61.5 Å². The van der Waals surface area contributed by atoms with Crippen LogP contribution in [0.2, 0.25) is 0 Å². The molecule has 0 heterocycles. The highest BCUT2D eigenvalue weighted by Crippen LogP contribution is 2.18. The van der Waals surface area contributed by atoms with Crippen LogP contribution in [0.5, 0.6) is 0 Å². The first-order valence-electron chi connectivity index (χ1n) is 15.1. The zero-order chi connectivity index (χ0) is 27.3. The number of amides is 2. The summed E-state index contributed by atoms with van der Waals surface area (Å²) in [6, 6.07) is 17.0. The minimum absolute atomic E-state index is 0.00100. The summed E-state index contributed by atoms with van der Waals surface area (Å²) in [5.41, 5.74) is 2.34. The van der Waals surface area contributed by atoms with Crippen molar-refractivity contribution < 1.29 is 9.59 Å². The third kappa shape index (κ3) is 13.1. The molecule has 5 nitrogen and oxygen atoms in total. The van der Waals surface area contributed by atoms with E-state index in [1.54, 1.807) is 4.90 Å². The summed E-state index contributed by atoms with van der Waals surface area (Å²) >= 11 is 0. The van der Waals surface area contributed by atoms with Crippen LogP contribution >= 0.6 is 0 Å². The molecule has 2 amide bonds. The second-order valence-electron chi connectivity index (χ2n) is 10.3. The average Bonchev–Trinajstić information content (AvgIpc) is 2.95. The molecule has 0 saturated carbocycles. The number of carbonyl (C=O) groups is 2. The molecule has 38 heavy (non-hydrogen) atoms. The van der Waals surface area contributed by atoms with Gasteiger partial charge < -0.3 is 15.5 Å². The third-order valence-corrected chi connectivity index (χ3v) is 7.07. The summed E-state index contributed by atoms with van der Waals surface area (Å²) in [6.07, 6.45) is 18.7. The third-order valence-electron chi connectivity index (χ3n) is 7.07. The first-order chi connectivity index (χ1) is 18.7. The molecular formula is C33H51N3O2. The average molecular weight is 522 g/mol. The molecule has 0 bridgehead atoms. The molecule has 0 saturated heterocycles. The maximum Gasteiger partial charge on any atom is 0.258 e. The number of rotatable bonds is 21. The van der Waals surface area contributed by atoms with Crippen molar-refractivity contribution in [1.82, 2.24) is 5.32 Å². The standard InChI is InChI=1S/C33H51N3O2/c1-3-5-6-7-8-9-10-11-12-13-14-15-16-20-27-34-32(37)28-35-30-25-23-29(24-26-30)33(38)36(4-2)31-21-18-17-19-22-31/h17-19,21-26,35H,3-16,20,27-28H2,1-2H3,(H,34,37). The molecular weight excluding hydrogens is 470 g/mol. The van der Waals surface area contributed by atoms with Crippen molar-refractivity contribution >= 4 is 23.2 Å². The van der Waals surface area contributed by atoms with Gasteiger partial charge in [-0.3, -0.25) is 9.59 Å². The lowest BCUT2D eigenvalue weighted by Crippen LogP contribution is -2.31. The minimum Gasteiger partial charge on any atom is -0.376 e. The number of carbonyl (C=O) groups excluding carboxylic acids is 2. The van der Waals surface area contributed by atoms with E-state index in [2.05, 4.69) is 17.6 Å². The topological polar surface area (TPSA) is 61.4 Å². The SMILES string of the molecule is CCCCCCCCCCCCCCCCNC(=O)CNc1ccc(C(=O)N(CC)c2ccccc2)cc1. The Hall–Kier alpha value is -2.82. The van der Waals surface area contributed by atoms with Gasteiger partial charge in [-0.15, -0.1) is 0 Å². The summed E-state index contributed by atoms with van der Waals surface area (Å²) < 4.78 is 0. The second kappa shape index (κ2) is 20.2. The number of benzene rings is 2. The number of nitrogens with zero attached hydrogens (tertiary/aromatic N) is 1. The van der Waals surface area contributed by atoms with E-state index in [4.69, 9.17) is 0 Å². The smallest absolute Gasteiger partial charge is 0.258 e. The molecule has 2 rings (SSSR count). The molecule has 0 aliphatic rings. The molecule has 0 fully saturated rings. The Kier molecular flexibility index (Phi) is 16.7. The first-order valence-corrected chi connectivity index (χ1v) is 15.1. The highest BCUT2D eigenvalue weighted by molar-refractivity contribution is 6.06. The molecule has 0 aliphatic carbocycles. The number of para-hydroxylation sites is 1. The molecule has 5 heteroatoms. The van der Waals surface area contributed by atoms with Crippen LogP contribution in [0.25, 0.3) is 0 Å². The fourth-order valence-electron chi connectivity index (χ4n) is 4.73. The maximum atomic E-state index is 12.9. The molecule has 2 aromatic carbocycles. The summed E-state index contributed by atoms with van der Waals surface area (Å²) in [5.74, 6) is -0.0303. The van der Waals surface area contributed by atoms with Crippen molar-refractivity contribution in [3.8, 4) is 0 Å². The largest absolute Gasteiger partial charge is 0.376 e. The normalized spacial score (nSPS) is 10.8. The van der Waals surface area contributed by atoms with Gasteiger partial charge in [0.15, 0.2) is 0 Å². The molecule has 0 aromatic heterocycles. The van der Waals surface area contributed by atoms with Gasteiger partial charge in [0.25, 0.3) is 5.91 Å². The molecule has 0 unspecified atom stereocenters. The van der Waals surface area contributed by atoms with Gasteiger partial charge in [0.2, 0.25) is 5.91 Å². The van der Waals surface area contributed by atoms with Crippen molar-refractivity contribution in [3.05, 3.63) is 60.2 Å². The zero-order valence-electron chi connectivity index (χ0n) is 24.0. The van der Waals surface area contributed by atoms with E-state index in [0.29, 0.717) is 12.1 Å². The summed E-state index contributed by atoms with van der Waals surface area (Å²) in [4.78, 5) is 26.8. The highest BCUT2D eigenvalue weighted by Gasteiger charge is 2.15. The lowest BCUT2D eigenvalue weighted by atomic mass is 10.0. The lowest BCUT2D eigenvalue weighted by molar-refractivity contribution is -0.119. The van der Waals surface area contributed by atoms with Gasteiger partial charge in [0.05, 0.1) is 6.54 Å². The number of unbranched alkanes of at least 4 members (excludes halogenated alkanes) is 13. The summed E-state index contributed by atoms with van der Waals surface area (Å²) in [5, 5.41) is 6.16. The first kappa shape index (κ1) is 31.4. The number of hydrogen-bond acceptors (Lipinski definition) is 3. The van der Waals surface area contributed by atoms with E-state index in [0.717, 1.165) is 24.3 Å². The van der Waals surface area contributed by atoms with Crippen LogP contribution in [-0.4, -0.2) is 31.4 Å². The maximum absolute atomic E-state index is 12.9. The van der Waals surface area contributed by atoms with Crippen LogP contribution in [-0.2, 0) is 4.79 Å². The minimum atomic E-state index is -0.0313. The molecule has 2 N–H and O–H groups in total.